The van der Waals surface area contributed by atoms with Crippen molar-refractivity contribution in [3.63, 3.8) is 0 Å². The molecule has 1 amide bonds. The lowest BCUT2D eigenvalue weighted by Gasteiger charge is -2.25. The van der Waals surface area contributed by atoms with E-state index in [2.05, 4.69) is 0 Å². The van der Waals surface area contributed by atoms with Crippen LogP contribution in [0.4, 0.5) is 0 Å². The van der Waals surface area contributed by atoms with E-state index in [0.29, 0.717) is 12.1 Å². The second kappa shape index (κ2) is 8.38. The highest BCUT2D eigenvalue weighted by Gasteiger charge is 2.38. The number of hydrogen-bond donors (Lipinski definition) is 0. The summed E-state index contributed by atoms with van der Waals surface area (Å²) in [6.07, 6.45) is 0.119. The zero-order chi connectivity index (χ0) is 20.3. The number of rotatable bonds is 6. The van der Waals surface area contributed by atoms with Gasteiger partial charge < -0.3 is 9.64 Å². The molecule has 3 rings (SSSR count). The molecule has 2 aromatic carbocycles. The van der Waals surface area contributed by atoms with Gasteiger partial charge in [-0.25, -0.2) is 0 Å². The molecule has 1 aliphatic rings. The van der Waals surface area contributed by atoms with Gasteiger partial charge in [0.15, 0.2) is 6.61 Å². The van der Waals surface area contributed by atoms with E-state index in [1.807, 2.05) is 63.2 Å². The Labute approximate surface area is 165 Å². The summed E-state index contributed by atoms with van der Waals surface area (Å²) in [5.41, 5.74) is 3.51. The fourth-order valence-electron chi connectivity index (χ4n) is 3.63. The van der Waals surface area contributed by atoms with Gasteiger partial charge in [0, 0.05) is 18.5 Å². The van der Waals surface area contributed by atoms with Gasteiger partial charge in [0.25, 0.3) is 0 Å². The predicted octanol–water partition coefficient (Wildman–Crippen LogP) is 3.64. The molecule has 0 aliphatic carbocycles. The Morgan fingerprint density at radius 3 is 2.54 bits per heavy atom. The molecule has 1 saturated heterocycles. The van der Waals surface area contributed by atoms with Crippen molar-refractivity contribution in [2.45, 2.75) is 33.2 Å². The SMILES string of the molecule is Cc1ccc(C(=O)COC(=O)[C@@H]2CC(=O)N([C@@H](C)c3ccccc3)C2)c(C)c1. The Morgan fingerprint density at radius 1 is 1.14 bits per heavy atom. The maximum atomic E-state index is 12.4. The third-order valence-electron chi connectivity index (χ3n) is 5.27. The van der Waals surface area contributed by atoms with Crippen molar-refractivity contribution >= 4 is 17.7 Å². The van der Waals surface area contributed by atoms with Gasteiger partial charge in [-0.1, -0.05) is 54.1 Å². The van der Waals surface area contributed by atoms with Crippen molar-refractivity contribution in [2.24, 2.45) is 5.92 Å². The van der Waals surface area contributed by atoms with Gasteiger partial charge in [0.1, 0.15) is 0 Å². The van der Waals surface area contributed by atoms with Gasteiger partial charge in [-0.05, 0) is 31.9 Å². The Balaban J connectivity index is 1.58. The van der Waals surface area contributed by atoms with E-state index in [1.54, 1.807) is 11.0 Å². The average molecular weight is 379 g/mol. The van der Waals surface area contributed by atoms with Crippen LogP contribution in [-0.2, 0) is 14.3 Å². The van der Waals surface area contributed by atoms with Gasteiger partial charge >= 0.3 is 5.97 Å². The first kappa shape index (κ1) is 19.8. The average Bonchev–Trinajstić information content (AvgIpc) is 3.07. The monoisotopic (exact) mass is 379 g/mol. The zero-order valence-corrected chi connectivity index (χ0v) is 16.5. The molecular formula is C23H25NO4. The molecule has 0 spiro atoms. The Hall–Kier alpha value is -2.95. The standard InChI is InChI=1S/C23H25NO4/c1-15-9-10-20(16(2)11-15)21(25)14-28-23(27)19-12-22(26)24(13-19)17(3)18-7-5-4-6-8-18/h4-11,17,19H,12-14H2,1-3H3/t17-,19+/m0/s1. The molecule has 0 bridgehead atoms. The van der Waals surface area contributed by atoms with E-state index >= 15 is 0 Å². The third-order valence-corrected chi connectivity index (χ3v) is 5.27. The van der Waals surface area contributed by atoms with Crippen molar-refractivity contribution in [3.05, 3.63) is 70.8 Å². The summed E-state index contributed by atoms with van der Waals surface area (Å²) < 4.78 is 5.24. The van der Waals surface area contributed by atoms with Crippen LogP contribution in [-0.4, -0.2) is 35.7 Å². The summed E-state index contributed by atoms with van der Waals surface area (Å²) in [5.74, 6) is -1.33. The second-order valence-corrected chi connectivity index (χ2v) is 7.38. The fourth-order valence-corrected chi connectivity index (χ4v) is 3.63. The summed E-state index contributed by atoms with van der Waals surface area (Å²) in [6, 6.07) is 15.1. The highest BCUT2D eigenvalue weighted by molar-refractivity contribution is 5.99. The minimum atomic E-state index is -0.537. The number of aryl methyl sites for hydroxylation is 2. The van der Waals surface area contributed by atoms with Crippen LogP contribution in [0.1, 0.15) is 46.4 Å². The number of nitrogens with zero attached hydrogens (tertiary/aromatic N) is 1. The van der Waals surface area contributed by atoms with Crippen LogP contribution in [0.25, 0.3) is 0 Å². The highest BCUT2D eigenvalue weighted by atomic mass is 16.5. The maximum absolute atomic E-state index is 12.4. The first-order valence-electron chi connectivity index (χ1n) is 9.48. The molecule has 28 heavy (non-hydrogen) atoms. The topological polar surface area (TPSA) is 63.7 Å². The molecule has 1 aliphatic heterocycles. The Morgan fingerprint density at radius 2 is 1.86 bits per heavy atom. The molecule has 1 fully saturated rings. The van der Waals surface area contributed by atoms with Crippen LogP contribution >= 0.6 is 0 Å². The lowest BCUT2D eigenvalue weighted by atomic mass is 10.0. The third kappa shape index (κ3) is 4.30. The van der Waals surface area contributed by atoms with Crippen molar-refractivity contribution in [3.8, 4) is 0 Å². The lowest BCUT2D eigenvalue weighted by molar-refractivity contribution is -0.147. The number of ketones is 1. The van der Waals surface area contributed by atoms with Gasteiger partial charge in [-0.2, -0.15) is 0 Å². The summed E-state index contributed by atoms with van der Waals surface area (Å²) in [6.45, 7) is 5.78. The van der Waals surface area contributed by atoms with Gasteiger partial charge in [0.05, 0.1) is 12.0 Å². The molecule has 0 unspecified atom stereocenters. The Kier molecular flexibility index (Phi) is 5.93. The van der Waals surface area contributed by atoms with Crippen LogP contribution in [0.5, 0.6) is 0 Å². The van der Waals surface area contributed by atoms with E-state index < -0.39 is 11.9 Å². The molecular weight excluding hydrogens is 354 g/mol. The molecule has 0 radical (unpaired) electrons. The minimum Gasteiger partial charge on any atom is -0.457 e. The number of carbonyl (C=O) groups excluding carboxylic acids is 3. The second-order valence-electron chi connectivity index (χ2n) is 7.38. The number of benzene rings is 2. The minimum absolute atomic E-state index is 0.0704. The van der Waals surface area contributed by atoms with Crippen LogP contribution < -0.4 is 0 Å². The van der Waals surface area contributed by atoms with E-state index in [1.165, 1.54) is 0 Å². The van der Waals surface area contributed by atoms with E-state index in [4.69, 9.17) is 4.74 Å². The zero-order valence-electron chi connectivity index (χ0n) is 16.5. The van der Waals surface area contributed by atoms with Crippen LogP contribution in [0.15, 0.2) is 48.5 Å². The first-order chi connectivity index (χ1) is 13.4. The van der Waals surface area contributed by atoms with Gasteiger partial charge in [-0.3, -0.25) is 14.4 Å². The van der Waals surface area contributed by atoms with E-state index in [0.717, 1.165) is 16.7 Å². The summed E-state index contributed by atoms with van der Waals surface area (Å²) in [7, 11) is 0. The number of ether oxygens (including phenoxy) is 1. The van der Waals surface area contributed by atoms with E-state index in [9.17, 15) is 14.4 Å². The summed E-state index contributed by atoms with van der Waals surface area (Å²) in [5, 5.41) is 0. The molecule has 0 aromatic heterocycles. The predicted molar refractivity (Wildman–Crippen MR) is 106 cm³/mol. The number of likely N-dealkylation sites (tertiary alicyclic amines) is 1. The van der Waals surface area contributed by atoms with Crippen molar-refractivity contribution < 1.29 is 19.1 Å². The van der Waals surface area contributed by atoms with Crippen molar-refractivity contribution in [1.82, 2.24) is 4.90 Å². The molecule has 0 saturated carbocycles. The smallest absolute Gasteiger partial charge is 0.311 e. The molecule has 2 aromatic rings. The summed E-state index contributed by atoms with van der Waals surface area (Å²) >= 11 is 0. The molecule has 146 valence electrons. The molecule has 0 N–H and O–H groups in total. The van der Waals surface area contributed by atoms with Crippen molar-refractivity contribution in [1.29, 1.82) is 0 Å². The van der Waals surface area contributed by atoms with Crippen LogP contribution in [0, 0.1) is 19.8 Å². The highest BCUT2D eigenvalue weighted by Crippen LogP contribution is 2.29. The normalized spacial score (nSPS) is 17.5. The number of amides is 1. The Bertz CT molecular complexity index is 891. The van der Waals surface area contributed by atoms with Crippen molar-refractivity contribution in [2.75, 3.05) is 13.2 Å². The fraction of sp³-hybridized carbons (Fsp3) is 0.348. The largest absolute Gasteiger partial charge is 0.457 e. The quantitative estimate of drug-likeness (QED) is 0.568. The van der Waals surface area contributed by atoms with Crippen LogP contribution in [0.3, 0.4) is 0 Å². The number of Topliss-reactive ketones (excluding diaryl/α,β-unsaturated/α-hetero) is 1. The van der Waals surface area contributed by atoms with Gasteiger partial charge in [0.2, 0.25) is 11.7 Å². The molecule has 5 heteroatoms. The lowest BCUT2D eigenvalue weighted by Crippen LogP contribution is -2.30. The number of hydrogen-bond acceptors (Lipinski definition) is 4. The number of carbonyl (C=O) groups is 3. The number of esters is 1. The van der Waals surface area contributed by atoms with Gasteiger partial charge in [-0.15, -0.1) is 0 Å². The van der Waals surface area contributed by atoms with E-state index in [-0.39, 0.29) is 30.8 Å². The van der Waals surface area contributed by atoms with Crippen LogP contribution in [0.2, 0.25) is 0 Å². The molecule has 2 atom stereocenters. The maximum Gasteiger partial charge on any atom is 0.311 e. The first-order valence-corrected chi connectivity index (χ1v) is 9.48. The summed E-state index contributed by atoms with van der Waals surface area (Å²) in [4.78, 5) is 38.9. The molecule has 1 heterocycles. The molecule has 5 nitrogen and oxygen atoms in total.